The molecular weight excluding hydrogens is 298 g/mol. The Morgan fingerprint density at radius 1 is 1.09 bits per heavy atom. The second-order valence-electron chi connectivity index (χ2n) is 5.51. The molecule has 4 nitrogen and oxygen atoms in total. The number of anilines is 1. The molecule has 0 bridgehead atoms. The number of hydrogen-bond acceptors (Lipinski definition) is 4. The molecule has 0 amide bonds. The summed E-state index contributed by atoms with van der Waals surface area (Å²) >= 11 is 0. The van der Waals surface area contributed by atoms with Crippen LogP contribution in [0.1, 0.15) is 11.1 Å². The summed E-state index contributed by atoms with van der Waals surface area (Å²) in [6.45, 7) is 1.47. The summed E-state index contributed by atoms with van der Waals surface area (Å²) in [5.41, 5.74) is 3.19. The lowest BCUT2D eigenvalue weighted by Crippen LogP contribution is -2.31. The van der Waals surface area contributed by atoms with Gasteiger partial charge in [0, 0.05) is 24.9 Å². The number of rotatable bonds is 3. The van der Waals surface area contributed by atoms with Crippen LogP contribution in [0.4, 0.5) is 5.69 Å². The average molecular weight is 317 g/mol. The predicted octanol–water partition coefficient (Wildman–Crippen LogP) is 2.66. The van der Waals surface area contributed by atoms with Crippen molar-refractivity contribution in [1.29, 1.82) is 0 Å². The minimum Gasteiger partial charge on any atom is -0.496 e. The van der Waals surface area contributed by atoms with Crippen LogP contribution in [0.3, 0.4) is 0 Å². The van der Waals surface area contributed by atoms with Crippen LogP contribution in [0.25, 0.3) is 0 Å². The number of nitrogens with zero attached hydrogens (tertiary/aromatic N) is 1. The summed E-state index contributed by atoms with van der Waals surface area (Å²) in [6.07, 6.45) is 2.10. The van der Waals surface area contributed by atoms with Crippen LogP contribution in [0, 0.1) is 0 Å². The van der Waals surface area contributed by atoms with Gasteiger partial charge in [-0.2, -0.15) is 0 Å². The van der Waals surface area contributed by atoms with Crippen LogP contribution >= 0.6 is 0 Å². The fourth-order valence-electron chi connectivity index (χ4n) is 3.00. The zero-order valence-electron chi connectivity index (χ0n) is 12.7. The Kier molecular flexibility index (Phi) is 3.83. The van der Waals surface area contributed by atoms with E-state index in [2.05, 4.69) is 11.0 Å². The molecule has 0 aliphatic carbocycles. The zero-order valence-corrected chi connectivity index (χ0v) is 13.6. The standard InChI is InChI=1S/C17H19NO3S/c1-21-16-8-5-6-13-12-18(11-10-14(13)16)15-7-3-4-9-17(15)22(2,19)20/h3-9H,10-12H2,1-2H3. The van der Waals surface area contributed by atoms with Crippen LogP contribution < -0.4 is 9.64 Å². The number of methoxy groups -OCH3 is 1. The van der Waals surface area contributed by atoms with Crippen LogP contribution in [0.5, 0.6) is 5.75 Å². The average Bonchev–Trinajstić information content (AvgIpc) is 2.53. The van der Waals surface area contributed by atoms with Gasteiger partial charge in [0.25, 0.3) is 0 Å². The van der Waals surface area contributed by atoms with Gasteiger partial charge in [-0.3, -0.25) is 0 Å². The lowest BCUT2D eigenvalue weighted by atomic mass is 9.98. The number of para-hydroxylation sites is 1. The largest absolute Gasteiger partial charge is 0.496 e. The van der Waals surface area contributed by atoms with Gasteiger partial charge in [-0.15, -0.1) is 0 Å². The molecule has 116 valence electrons. The van der Waals surface area contributed by atoms with Crippen molar-refractivity contribution in [2.75, 3.05) is 24.8 Å². The maximum absolute atomic E-state index is 12.0. The van der Waals surface area contributed by atoms with Crippen LogP contribution in [0.2, 0.25) is 0 Å². The smallest absolute Gasteiger partial charge is 0.177 e. The van der Waals surface area contributed by atoms with Gasteiger partial charge in [-0.25, -0.2) is 8.42 Å². The van der Waals surface area contributed by atoms with Gasteiger partial charge in [-0.05, 0) is 30.2 Å². The highest BCUT2D eigenvalue weighted by molar-refractivity contribution is 7.90. The Morgan fingerprint density at radius 3 is 2.59 bits per heavy atom. The van der Waals surface area contributed by atoms with E-state index in [1.54, 1.807) is 19.2 Å². The normalized spacial score (nSPS) is 14.5. The first kappa shape index (κ1) is 14.9. The molecule has 5 heteroatoms. The summed E-state index contributed by atoms with van der Waals surface area (Å²) in [6, 6.07) is 13.2. The van der Waals surface area contributed by atoms with E-state index in [9.17, 15) is 8.42 Å². The first-order chi connectivity index (χ1) is 10.5. The molecule has 0 N–H and O–H groups in total. The Balaban J connectivity index is 2.00. The fraction of sp³-hybridized carbons (Fsp3) is 0.294. The van der Waals surface area contributed by atoms with Crippen LogP contribution in [-0.2, 0) is 22.8 Å². The summed E-state index contributed by atoms with van der Waals surface area (Å²) < 4.78 is 29.4. The Morgan fingerprint density at radius 2 is 1.86 bits per heavy atom. The molecular formula is C17H19NO3S. The quantitative estimate of drug-likeness (QED) is 0.873. The zero-order chi connectivity index (χ0) is 15.7. The monoisotopic (exact) mass is 317 g/mol. The molecule has 1 heterocycles. The summed E-state index contributed by atoms with van der Waals surface area (Å²) in [4.78, 5) is 2.51. The highest BCUT2D eigenvalue weighted by atomic mass is 32.2. The van der Waals surface area contributed by atoms with Crippen LogP contribution in [-0.4, -0.2) is 28.3 Å². The number of benzene rings is 2. The minimum atomic E-state index is -3.24. The molecule has 0 spiro atoms. The number of sulfone groups is 1. The second-order valence-corrected chi connectivity index (χ2v) is 7.49. The summed E-state index contributed by atoms with van der Waals surface area (Å²) in [5.74, 6) is 0.911. The molecule has 2 aromatic carbocycles. The lowest BCUT2D eigenvalue weighted by molar-refractivity contribution is 0.407. The molecule has 0 unspecified atom stereocenters. The molecule has 0 atom stereocenters. The highest BCUT2D eigenvalue weighted by Crippen LogP contribution is 2.33. The van der Waals surface area contributed by atoms with E-state index in [4.69, 9.17) is 4.74 Å². The molecule has 2 aromatic rings. The maximum atomic E-state index is 12.0. The van der Waals surface area contributed by atoms with Crippen molar-refractivity contribution >= 4 is 15.5 Å². The summed E-state index contributed by atoms with van der Waals surface area (Å²) in [7, 11) is -1.56. The number of hydrogen-bond donors (Lipinski definition) is 0. The van der Waals surface area contributed by atoms with Crippen LogP contribution in [0.15, 0.2) is 47.4 Å². The van der Waals surface area contributed by atoms with Crippen molar-refractivity contribution in [3.63, 3.8) is 0 Å². The van der Waals surface area contributed by atoms with Gasteiger partial charge in [0.05, 0.1) is 17.7 Å². The van der Waals surface area contributed by atoms with Crippen molar-refractivity contribution < 1.29 is 13.2 Å². The first-order valence-corrected chi connectivity index (χ1v) is 9.08. The number of ether oxygens (including phenoxy) is 1. The Hall–Kier alpha value is -2.01. The van der Waals surface area contributed by atoms with Gasteiger partial charge in [0.1, 0.15) is 5.75 Å². The Labute approximate surface area is 131 Å². The van der Waals surface area contributed by atoms with Crippen molar-refractivity contribution in [2.45, 2.75) is 17.9 Å². The van der Waals surface area contributed by atoms with E-state index in [1.807, 2.05) is 24.3 Å². The predicted molar refractivity (Wildman–Crippen MR) is 87.3 cm³/mol. The molecule has 22 heavy (non-hydrogen) atoms. The van der Waals surface area contributed by atoms with Crippen molar-refractivity contribution in [2.24, 2.45) is 0 Å². The molecule has 0 saturated heterocycles. The first-order valence-electron chi connectivity index (χ1n) is 7.19. The molecule has 3 rings (SSSR count). The van der Waals surface area contributed by atoms with E-state index in [0.717, 1.165) is 24.4 Å². The number of fused-ring (bicyclic) bond motifs is 1. The van der Waals surface area contributed by atoms with Gasteiger partial charge < -0.3 is 9.64 Å². The van der Waals surface area contributed by atoms with E-state index in [1.165, 1.54) is 17.4 Å². The molecule has 0 fully saturated rings. The lowest BCUT2D eigenvalue weighted by Gasteiger charge is -2.32. The fourth-order valence-corrected chi connectivity index (χ4v) is 3.91. The molecule has 1 aliphatic rings. The second kappa shape index (κ2) is 5.65. The minimum absolute atomic E-state index is 0.390. The van der Waals surface area contributed by atoms with Crippen molar-refractivity contribution in [3.8, 4) is 5.75 Å². The van der Waals surface area contributed by atoms with E-state index in [0.29, 0.717) is 11.4 Å². The third-order valence-corrected chi connectivity index (χ3v) is 5.19. The van der Waals surface area contributed by atoms with E-state index >= 15 is 0 Å². The molecule has 0 radical (unpaired) electrons. The van der Waals surface area contributed by atoms with E-state index < -0.39 is 9.84 Å². The highest BCUT2D eigenvalue weighted by Gasteiger charge is 2.23. The third kappa shape index (κ3) is 2.68. The molecule has 0 aromatic heterocycles. The van der Waals surface area contributed by atoms with Crippen molar-refractivity contribution in [1.82, 2.24) is 0 Å². The van der Waals surface area contributed by atoms with Crippen molar-refractivity contribution in [3.05, 3.63) is 53.6 Å². The Bertz CT molecular complexity index is 799. The van der Waals surface area contributed by atoms with Gasteiger partial charge in [0.15, 0.2) is 9.84 Å². The molecule has 1 aliphatic heterocycles. The van der Waals surface area contributed by atoms with Gasteiger partial charge in [-0.1, -0.05) is 24.3 Å². The van der Waals surface area contributed by atoms with E-state index in [-0.39, 0.29) is 0 Å². The maximum Gasteiger partial charge on any atom is 0.177 e. The van der Waals surface area contributed by atoms with Gasteiger partial charge in [0.2, 0.25) is 0 Å². The summed E-state index contributed by atoms with van der Waals surface area (Å²) in [5, 5.41) is 0. The third-order valence-electron chi connectivity index (χ3n) is 4.05. The SMILES string of the molecule is COc1cccc2c1CCN(c1ccccc1S(C)(=O)=O)C2. The molecule has 0 saturated carbocycles. The van der Waals surface area contributed by atoms with Gasteiger partial charge >= 0.3 is 0 Å². The topological polar surface area (TPSA) is 46.6 Å².